The number of halogens is 3. The minimum atomic E-state index is -4.68. The van der Waals surface area contributed by atoms with Crippen LogP contribution in [0.2, 0.25) is 0 Å². The smallest absolute Gasteiger partial charge is 0.418 e. The van der Waals surface area contributed by atoms with Gasteiger partial charge < -0.3 is 10.4 Å². The third kappa shape index (κ3) is 4.31. The van der Waals surface area contributed by atoms with Crippen molar-refractivity contribution in [2.45, 2.75) is 38.9 Å². The highest BCUT2D eigenvalue weighted by Crippen LogP contribution is 2.35. The van der Waals surface area contributed by atoms with E-state index in [1.807, 2.05) is 6.92 Å². The van der Waals surface area contributed by atoms with Crippen LogP contribution < -0.4 is 10.9 Å². The first-order chi connectivity index (χ1) is 14.6. The van der Waals surface area contributed by atoms with Gasteiger partial charge in [0, 0.05) is 11.8 Å². The van der Waals surface area contributed by atoms with E-state index < -0.39 is 40.9 Å². The molecule has 1 aromatic carbocycles. The fraction of sp³-hybridized carbons (Fsp3) is 0.300. The van der Waals surface area contributed by atoms with Gasteiger partial charge in [-0.2, -0.15) is 13.2 Å². The lowest BCUT2D eigenvalue weighted by atomic mass is 10.1. The molecule has 1 atom stereocenters. The molecule has 0 saturated heterocycles. The molecule has 2 N–H and O–H groups in total. The van der Waals surface area contributed by atoms with Crippen molar-refractivity contribution in [3.05, 3.63) is 57.0 Å². The number of aryl methyl sites for hydroxylation is 1. The summed E-state index contributed by atoms with van der Waals surface area (Å²) in [7, 11) is 0. The Bertz CT molecular complexity index is 1220. The number of carbonyl (C=O) groups excluding carboxylic acids is 1. The molecule has 2 heterocycles. The van der Waals surface area contributed by atoms with Gasteiger partial charge in [0.05, 0.1) is 22.2 Å². The Kier molecular flexibility index (Phi) is 6.16. The Balaban J connectivity index is 2.08. The molecule has 1 amide bonds. The molecule has 3 aromatic rings. The quantitative estimate of drug-likeness (QED) is 0.579. The highest BCUT2D eigenvalue weighted by molar-refractivity contribution is 7.17. The van der Waals surface area contributed by atoms with E-state index in [1.165, 1.54) is 24.4 Å². The van der Waals surface area contributed by atoms with Gasteiger partial charge >= 0.3 is 12.1 Å². The Morgan fingerprint density at radius 3 is 2.58 bits per heavy atom. The van der Waals surface area contributed by atoms with Crippen LogP contribution in [0.3, 0.4) is 0 Å². The topological polar surface area (TPSA) is 101 Å². The molecule has 31 heavy (non-hydrogen) atoms. The van der Waals surface area contributed by atoms with Crippen molar-refractivity contribution in [1.29, 1.82) is 0 Å². The van der Waals surface area contributed by atoms with Crippen LogP contribution in [0.1, 0.15) is 48.1 Å². The molecule has 0 aliphatic rings. The number of thiophene rings is 1. The number of aromatic carboxylic acids is 1. The van der Waals surface area contributed by atoms with Crippen molar-refractivity contribution >= 4 is 39.1 Å². The first kappa shape index (κ1) is 22.5. The molecule has 0 saturated carbocycles. The van der Waals surface area contributed by atoms with E-state index in [9.17, 15) is 32.7 Å². The molecule has 1 unspecified atom stereocenters. The zero-order chi connectivity index (χ0) is 22.9. The first-order valence-corrected chi connectivity index (χ1v) is 10.2. The van der Waals surface area contributed by atoms with Gasteiger partial charge in [-0.25, -0.2) is 9.78 Å². The average molecular weight is 453 g/mol. The van der Waals surface area contributed by atoms with Crippen LogP contribution in [0.25, 0.3) is 10.2 Å². The van der Waals surface area contributed by atoms with Crippen LogP contribution in [-0.2, 0) is 17.4 Å². The maximum atomic E-state index is 13.2. The van der Waals surface area contributed by atoms with Crippen molar-refractivity contribution in [1.82, 2.24) is 9.55 Å². The molecule has 2 aromatic heterocycles. The Morgan fingerprint density at radius 2 is 1.97 bits per heavy atom. The fourth-order valence-corrected chi connectivity index (χ4v) is 4.12. The van der Waals surface area contributed by atoms with Crippen LogP contribution in [0.15, 0.2) is 34.4 Å². The van der Waals surface area contributed by atoms with Crippen molar-refractivity contribution in [2.75, 3.05) is 5.32 Å². The van der Waals surface area contributed by atoms with Gasteiger partial charge in [-0.1, -0.05) is 19.1 Å². The lowest BCUT2D eigenvalue weighted by Gasteiger charge is -2.20. The highest BCUT2D eigenvalue weighted by atomic mass is 32.1. The predicted molar refractivity (Wildman–Crippen MR) is 110 cm³/mol. The number of alkyl halides is 3. The molecule has 0 aliphatic heterocycles. The average Bonchev–Trinajstić information content (AvgIpc) is 3.12. The number of fused-ring (bicyclic) bond motifs is 1. The van der Waals surface area contributed by atoms with Crippen molar-refractivity contribution in [2.24, 2.45) is 0 Å². The molecular weight excluding hydrogens is 435 g/mol. The minimum absolute atomic E-state index is 0.132. The summed E-state index contributed by atoms with van der Waals surface area (Å²) in [4.78, 5) is 42.0. The van der Waals surface area contributed by atoms with Crippen molar-refractivity contribution < 1.29 is 27.9 Å². The Labute approximate surface area is 178 Å². The number of hydrogen-bond donors (Lipinski definition) is 2. The first-order valence-electron chi connectivity index (χ1n) is 9.29. The summed E-state index contributed by atoms with van der Waals surface area (Å²) in [6, 6.07) is 3.28. The molecular formula is C20H18F3N3O4S. The molecule has 0 radical (unpaired) electrons. The summed E-state index contributed by atoms with van der Waals surface area (Å²) in [6.07, 6.45) is -3.77. The number of hydrogen-bond acceptors (Lipinski definition) is 5. The fourth-order valence-electron chi connectivity index (χ4n) is 3.20. The van der Waals surface area contributed by atoms with E-state index in [4.69, 9.17) is 0 Å². The van der Waals surface area contributed by atoms with E-state index >= 15 is 0 Å². The van der Waals surface area contributed by atoms with E-state index in [1.54, 1.807) is 0 Å². The largest absolute Gasteiger partial charge is 0.478 e. The number of benzene rings is 1. The maximum absolute atomic E-state index is 13.2. The monoisotopic (exact) mass is 453 g/mol. The van der Waals surface area contributed by atoms with Crippen LogP contribution in [0.4, 0.5) is 18.9 Å². The Morgan fingerprint density at radius 1 is 1.29 bits per heavy atom. The van der Waals surface area contributed by atoms with Crippen molar-refractivity contribution in [3.8, 4) is 0 Å². The normalized spacial score (nSPS) is 12.7. The van der Waals surface area contributed by atoms with Gasteiger partial charge in [0.2, 0.25) is 5.91 Å². The lowest BCUT2D eigenvalue weighted by Crippen LogP contribution is -2.35. The molecule has 0 aliphatic carbocycles. The zero-order valence-corrected chi connectivity index (χ0v) is 17.3. The van der Waals surface area contributed by atoms with Crippen molar-refractivity contribution in [3.63, 3.8) is 0 Å². The number of carboxylic acid groups (broad SMARTS) is 1. The molecule has 0 spiro atoms. The molecule has 0 fully saturated rings. The summed E-state index contributed by atoms with van der Waals surface area (Å²) >= 11 is 1.00. The second-order valence-electron chi connectivity index (χ2n) is 6.80. The number of amides is 1. The second kappa shape index (κ2) is 8.50. The third-order valence-electron chi connectivity index (χ3n) is 4.67. The predicted octanol–water partition coefficient (Wildman–Crippen LogP) is 4.33. The van der Waals surface area contributed by atoms with E-state index in [0.29, 0.717) is 12.8 Å². The van der Waals surface area contributed by atoms with Crippen LogP contribution in [0.5, 0.6) is 0 Å². The molecule has 11 heteroatoms. The number of anilines is 1. The third-order valence-corrected chi connectivity index (χ3v) is 5.55. The second-order valence-corrected chi connectivity index (χ2v) is 7.65. The number of rotatable bonds is 6. The summed E-state index contributed by atoms with van der Waals surface area (Å²) in [6.45, 7) is 3.19. The maximum Gasteiger partial charge on any atom is 0.418 e. The number of nitrogens with zero attached hydrogens (tertiary/aromatic N) is 2. The lowest BCUT2D eigenvalue weighted by molar-refractivity contribution is -0.137. The standard InChI is InChI=1S/C20H18F3N3O4S/c1-3-6-14-25-17-15(11(9-31-17)19(29)30)18(28)26(14)10(2)16(27)24-13-8-5-4-7-12(13)20(21,22)23/h4-5,7-10H,3,6H2,1-2H3,(H,24,27)(H,29,30). The number of para-hydroxylation sites is 1. The zero-order valence-electron chi connectivity index (χ0n) is 16.5. The van der Waals surface area contributed by atoms with Crippen LogP contribution >= 0.6 is 11.3 Å². The number of carboxylic acids is 1. The van der Waals surface area contributed by atoms with E-state index in [2.05, 4.69) is 10.3 Å². The summed E-state index contributed by atoms with van der Waals surface area (Å²) < 4.78 is 40.8. The van der Waals surface area contributed by atoms with Gasteiger partial charge in [-0.3, -0.25) is 14.2 Å². The Hall–Kier alpha value is -3.21. The molecule has 164 valence electrons. The summed E-state index contributed by atoms with van der Waals surface area (Å²) in [5.74, 6) is -1.91. The number of carbonyl (C=O) groups is 2. The molecule has 3 rings (SSSR count). The van der Waals surface area contributed by atoms with Crippen LogP contribution in [-0.4, -0.2) is 26.5 Å². The van der Waals surface area contributed by atoms with E-state index in [-0.39, 0.29) is 21.6 Å². The van der Waals surface area contributed by atoms with Gasteiger partial charge in [0.15, 0.2) is 0 Å². The molecule has 7 nitrogen and oxygen atoms in total. The SMILES string of the molecule is CCCc1nc2scc(C(=O)O)c2c(=O)n1C(C)C(=O)Nc1ccccc1C(F)(F)F. The van der Waals surface area contributed by atoms with Crippen LogP contribution in [0, 0.1) is 0 Å². The van der Waals surface area contributed by atoms with Gasteiger partial charge in [0.25, 0.3) is 5.56 Å². The van der Waals surface area contributed by atoms with Gasteiger partial charge in [0.1, 0.15) is 16.7 Å². The highest BCUT2D eigenvalue weighted by Gasteiger charge is 2.34. The van der Waals surface area contributed by atoms with E-state index in [0.717, 1.165) is 28.0 Å². The molecule has 0 bridgehead atoms. The summed E-state index contributed by atoms with van der Waals surface area (Å²) in [5, 5.41) is 12.8. The van der Waals surface area contributed by atoms with Gasteiger partial charge in [-0.05, 0) is 25.5 Å². The number of aromatic nitrogens is 2. The summed E-state index contributed by atoms with van der Waals surface area (Å²) in [5.41, 5.74) is -2.41. The minimum Gasteiger partial charge on any atom is -0.478 e. The number of nitrogens with one attached hydrogen (secondary N) is 1. The van der Waals surface area contributed by atoms with Gasteiger partial charge in [-0.15, -0.1) is 11.3 Å².